The number of rotatable bonds is 4. The van der Waals surface area contributed by atoms with Crippen LogP contribution in [-0.2, 0) is 9.53 Å². The average Bonchev–Trinajstić information content (AvgIpc) is 2.39. The highest BCUT2D eigenvalue weighted by molar-refractivity contribution is 6.22. The van der Waals surface area contributed by atoms with Gasteiger partial charge in [0.25, 0.3) is 0 Å². The Morgan fingerprint density at radius 1 is 1.35 bits per heavy atom. The number of aliphatic imine (C=N–C) groups is 1. The Morgan fingerprint density at radius 3 is 2.40 bits per heavy atom. The summed E-state index contributed by atoms with van der Waals surface area (Å²) in [7, 11) is 0. The maximum absolute atomic E-state index is 13.0. The summed E-state index contributed by atoms with van der Waals surface area (Å²) < 4.78 is 43.6. The average molecular weight is 286 g/mol. The van der Waals surface area contributed by atoms with Crippen molar-refractivity contribution in [3.63, 3.8) is 0 Å². The molecule has 20 heavy (non-hydrogen) atoms. The van der Waals surface area contributed by atoms with Gasteiger partial charge in [-0.05, 0) is 19.1 Å². The molecule has 0 fully saturated rings. The number of nitrogens with two attached hydrogens (primary N) is 1. The van der Waals surface area contributed by atoms with E-state index in [4.69, 9.17) is 5.73 Å². The first-order valence-corrected chi connectivity index (χ1v) is 5.70. The normalized spacial score (nSPS) is 13.2. The molecule has 0 amide bonds. The first kappa shape index (κ1) is 15.7. The molecule has 4 nitrogen and oxygen atoms in total. The molecule has 108 valence electrons. The Labute approximate surface area is 113 Å². The molecule has 0 heterocycles. The molecule has 0 spiro atoms. The van der Waals surface area contributed by atoms with Gasteiger partial charge in [0.15, 0.2) is 5.71 Å². The van der Waals surface area contributed by atoms with Gasteiger partial charge in [-0.2, -0.15) is 13.2 Å². The molecule has 0 unspecified atom stereocenters. The van der Waals surface area contributed by atoms with E-state index >= 15 is 0 Å². The SMILES string of the molecule is CCOC(=O)/C(=C/N)C(=Nc1ccccc1)C(F)(F)F. The minimum atomic E-state index is -4.83. The highest BCUT2D eigenvalue weighted by Gasteiger charge is 2.41. The highest BCUT2D eigenvalue weighted by Crippen LogP contribution is 2.26. The second-order valence-corrected chi connectivity index (χ2v) is 3.59. The second kappa shape index (κ2) is 6.74. The first-order valence-electron chi connectivity index (χ1n) is 5.70. The van der Waals surface area contributed by atoms with Crippen molar-refractivity contribution in [2.24, 2.45) is 10.7 Å². The fourth-order valence-corrected chi connectivity index (χ4v) is 1.36. The number of hydrogen-bond donors (Lipinski definition) is 1. The number of ether oxygens (including phenoxy) is 1. The number of carbonyl (C=O) groups excluding carboxylic acids is 1. The molecule has 0 bridgehead atoms. The Balaban J connectivity index is 3.27. The third-order valence-electron chi connectivity index (χ3n) is 2.18. The van der Waals surface area contributed by atoms with E-state index in [1.54, 1.807) is 6.07 Å². The van der Waals surface area contributed by atoms with E-state index in [2.05, 4.69) is 9.73 Å². The number of carbonyl (C=O) groups is 1. The van der Waals surface area contributed by atoms with Gasteiger partial charge in [-0.15, -0.1) is 0 Å². The van der Waals surface area contributed by atoms with Gasteiger partial charge in [0, 0.05) is 6.20 Å². The Bertz CT molecular complexity index is 522. The lowest BCUT2D eigenvalue weighted by Gasteiger charge is -2.13. The summed E-state index contributed by atoms with van der Waals surface area (Å²) in [5, 5.41) is 0. The molecule has 7 heteroatoms. The number of para-hydroxylation sites is 1. The number of alkyl halides is 3. The van der Waals surface area contributed by atoms with Crippen molar-refractivity contribution in [2.75, 3.05) is 6.61 Å². The lowest BCUT2D eigenvalue weighted by atomic mass is 10.1. The molecule has 0 aliphatic heterocycles. The van der Waals surface area contributed by atoms with Gasteiger partial charge in [0.05, 0.1) is 12.3 Å². The molecule has 0 radical (unpaired) electrons. The molecule has 2 N–H and O–H groups in total. The molecular formula is C13H13F3N2O2. The van der Waals surface area contributed by atoms with Crippen LogP contribution in [0.4, 0.5) is 18.9 Å². The van der Waals surface area contributed by atoms with E-state index in [0.717, 1.165) is 0 Å². The maximum atomic E-state index is 13.0. The molecule has 0 aliphatic carbocycles. The quantitative estimate of drug-likeness (QED) is 0.526. The van der Waals surface area contributed by atoms with Crippen LogP contribution in [0, 0.1) is 0 Å². The van der Waals surface area contributed by atoms with E-state index in [9.17, 15) is 18.0 Å². The van der Waals surface area contributed by atoms with E-state index in [1.807, 2.05) is 0 Å². The number of nitrogens with zero attached hydrogens (tertiary/aromatic N) is 1. The molecule has 1 aromatic rings. The zero-order chi connectivity index (χ0) is 15.2. The van der Waals surface area contributed by atoms with Crippen molar-refractivity contribution < 1.29 is 22.7 Å². The van der Waals surface area contributed by atoms with E-state index in [1.165, 1.54) is 31.2 Å². The van der Waals surface area contributed by atoms with Crippen LogP contribution < -0.4 is 5.73 Å². The largest absolute Gasteiger partial charge is 0.462 e. The molecule has 0 saturated heterocycles. The highest BCUT2D eigenvalue weighted by atomic mass is 19.4. The number of esters is 1. The van der Waals surface area contributed by atoms with E-state index in [-0.39, 0.29) is 12.3 Å². The number of benzene rings is 1. The third-order valence-corrected chi connectivity index (χ3v) is 2.18. The summed E-state index contributed by atoms with van der Waals surface area (Å²) in [6.07, 6.45) is -4.28. The van der Waals surface area contributed by atoms with E-state index in [0.29, 0.717) is 6.20 Å². The summed E-state index contributed by atoms with van der Waals surface area (Å²) in [4.78, 5) is 14.9. The molecule has 1 rings (SSSR count). The van der Waals surface area contributed by atoms with Crippen LogP contribution in [-0.4, -0.2) is 24.5 Å². The van der Waals surface area contributed by atoms with Gasteiger partial charge in [-0.1, -0.05) is 18.2 Å². The second-order valence-electron chi connectivity index (χ2n) is 3.59. The van der Waals surface area contributed by atoms with Crippen molar-refractivity contribution >= 4 is 17.4 Å². The van der Waals surface area contributed by atoms with Crippen molar-refractivity contribution in [1.29, 1.82) is 0 Å². The van der Waals surface area contributed by atoms with Crippen LogP contribution in [0.3, 0.4) is 0 Å². The Hall–Kier alpha value is -2.31. The number of hydrogen-bond acceptors (Lipinski definition) is 4. The van der Waals surface area contributed by atoms with Gasteiger partial charge in [0.1, 0.15) is 5.57 Å². The lowest BCUT2D eigenvalue weighted by Crippen LogP contribution is -2.30. The lowest BCUT2D eigenvalue weighted by molar-refractivity contribution is -0.138. The standard InChI is InChI=1S/C13H13F3N2O2/c1-2-20-12(19)10(8-17)11(13(14,15)16)18-9-6-4-3-5-7-9/h3-8H,2,17H2,1H3/b10-8+,18-11?. The van der Waals surface area contributed by atoms with E-state index < -0.39 is 23.4 Å². The Kier molecular flexibility index (Phi) is 5.31. The molecule has 0 aromatic heterocycles. The molecule has 0 aliphatic rings. The van der Waals surface area contributed by atoms with Crippen LogP contribution in [0.2, 0.25) is 0 Å². The van der Waals surface area contributed by atoms with Crippen LogP contribution in [0.5, 0.6) is 0 Å². The summed E-state index contributed by atoms with van der Waals surface area (Å²) in [5.41, 5.74) is 2.97. The zero-order valence-electron chi connectivity index (χ0n) is 10.6. The van der Waals surface area contributed by atoms with Gasteiger partial charge in [-0.25, -0.2) is 9.79 Å². The van der Waals surface area contributed by atoms with Crippen molar-refractivity contribution in [3.8, 4) is 0 Å². The Morgan fingerprint density at radius 2 is 1.95 bits per heavy atom. The van der Waals surface area contributed by atoms with Gasteiger partial charge >= 0.3 is 12.1 Å². The first-order chi connectivity index (χ1) is 9.40. The van der Waals surface area contributed by atoms with Crippen molar-refractivity contribution in [2.45, 2.75) is 13.1 Å². The van der Waals surface area contributed by atoms with Gasteiger partial charge in [-0.3, -0.25) is 0 Å². The van der Waals surface area contributed by atoms with Crippen LogP contribution >= 0.6 is 0 Å². The topological polar surface area (TPSA) is 64.7 Å². The van der Waals surface area contributed by atoms with Gasteiger partial charge in [0.2, 0.25) is 0 Å². The minimum absolute atomic E-state index is 0.0588. The summed E-state index contributed by atoms with van der Waals surface area (Å²) >= 11 is 0. The molecule has 0 atom stereocenters. The third kappa shape index (κ3) is 4.11. The van der Waals surface area contributed by atoms with Crippen molar-refractivity contribution in [3.05, 3.63) is 42.1 Å². The summed E-state index contributed by atoms with van der Waals surface area (Å²) in [5.74, 6) is -1.16. The molecule has 1 aromatic carbocycles. The van der Waals surface area contributed by atoms with Crippen LogP contribution in [0.1, 0.15) is 6.92 Å². The van der Waals surface area contributed by atoms with Gasteiger partial charge < -0.3 is 10.5 Å². The number of halogens is 3. The fourth-order valence-electron chi connectivity index (χ4n) is 1.36. The fraction of sp³-hybridized carbons (Fsp3) is 0.231. The minimum Gasteiger partial charge on any atom is -0.462 e. The van der Waals surface area contributed by atoms with Crippen LogP contribution in [0.15, 0.2) is 47.1 Å². The summed E-state index contributed by atoms with van der Waals surface area (Å²) in [6, 6.07) is 7.46. The molecule has 0 saturated carbocycles. The predicted molar refractivity (Wildman–Crippen MR) is 68.5 cm³/mol. The summed E-state index contributed by atoms with van der Waals surface area (Å²) in [6.45, 7) is 1.42. The zero-order valence-corrected chi connectivity index (χ0v) is 10.6. The van der Waals surface area contributed by atoms with Crippen molar-refractivity contribution in [1.82, 2.24) is 0 Å². The monoisotopic (exact) mass is 286 g/mol. The molecular weight excluding hydrogens is 273 g/mol. The maximum Gasteiger partial charge on any atom is 0.434 e. The predicted octanol–water partition coefficient (Wildman–Crippen LogP) is 2.73. The van der Waals surface area contributed by atoms with Crippen LogP contribution in [0.25, 0.3) is 0 Å². The smallest absolute Gasteiger partial charge is 0.434 e.